The first-order chi connectivity index (χ1) is 7.67. The highest BCUT2D eigenvalue weighted by molar-refractivity contribution is 4.81. The van der Waals surface area contributed by atoms with Crippen molar-refractivity contribution in [2.75, 3.05) is 0 Å². The van der Waals surface area contributed by atoms with Gasteiger partial charge in [-0.05, 0) is 35.5 Å². The van der Waals surface area contributed by atoms with Crippen LogP contribution >= 0.6 is 0 Å². The minimum absolute atomic E-state index is 0.484. The normalized spacial score (nSPS) is 15.4. The van der Waals surface area contributed by atoms with Crippen LogP contribution in [0.25, 0.3) is 0 Å². The predicted octanol–water partition coefficient (Wildman–Crippen LogP) is 6.30. The largest absolute Gasteiger partial charge is 0.0648 e. The molecule has 0 aromatic carbocycles. The minimum Gasteiger partial charge on any atom is -0.0648 e. The highest BCUT2D eigenvalue weighted by Gasteiger charge is 2.30. The highest BCUT2D eigenvalue weighted by Crippen LogP contribution is 2.41. The van der Waals surface area contributed by atoms with Crippen molar-refractivity contribution in [1.29, 1.82) is 0 Å². The molecule has 0 spiro atoms. The summed E-state index contributed by atoms with van der Waals surface area (Å²) >= 11 is 0. The standard InChI is InChI=1S/C17H36/c1-9-17(10-2,14(3)4)12-11-15(5)13-16(6,7)8/h14-15H,9-13H2,1-8H3. The Labute approximate surface area is 111 Å². The van der Waals surface area contributed by atoms with Gasteiger partial charge in [0, 0.05) is 0 Å². The molecule has 0 aromatic heterocycles. The Morgan fingerprint density at radius 2 is 1.35 bits per heavy atom. The van der Waals surface area contributed by atoms with Crippen LogP contribution in [0.2, 0.25) is 0 Å². The van der Waals surface area contributed by atoms with E-state index < -0.39 is 0 Å². The van der Waals surface area contributed by atoms with Crippen LogP contribution in [0, 0.1) is 22.7 Å². The van der Waals surface area contributed by atoms with Crippen LogP contribution in [0.3, 0.4) is 0 Å². The van der Waals surface area contributed by atoms with Gasteiger partial charge in [-0.2, -0.15) is 0 Å². The van der Waals surface area contributed by atoms with Gasteiger partial charge in [-0.3, -0.25) is 0 Å². The van der Waals surface area contributed by atoms with Crippen LogP contribution in [0.4, 0.5) is 0 Å². The van der Waals surface area contributed by atoms with Gasteiger partial charge in [-0.25, -0.2) is 0 Å². The molecular weight excluding hydrogens is 204 g/mol. The summed E-state index contributed by atoms with van der Waals surface area (Å²) in [6, 6.07) is 0. The van der Waals surface area contributed by atoms with E-state index >= 15 is 0 Å². The van der Waals surface area contributed by atoms with Crippen molar-refractivity contribution in [3.63, 3.8) is 0 Å². The fourth-order valence-electron chi connectivity index (χ4n) is 3.39. The first-order valence-electron chi connectivity index (χ1n) is 7.67. The Bertz CT molecular complexity index is 191. The molecule has 0 bridgehead atoms. The molecule has 0 radical (unpaired) electrons. The predicted molar refractivity (Wildman–Crippen MR) is 80.3 cm³/mol. The van der Waals surface area contributed by atoms with Crippen LogP contribution in [-0.4, -0.2) is 0 Å². The van der Waals surface area contributed by atoms with Crippen molar-refractivity contribution < 1.29 is 0 Å². The number of hydrogen-bond donors (Lipinski definition) is 0. The molecular formula is C17H36. The molecule has 0 aromatic rings. The lowest BCUT2D eigenvalue weighted by Crippen LogP contribution is -2.26. The van der Waals surface area contributed by atoms with E-state index in [1.165, 1.54) is 32.1 Å². The Morgan fingerprint density at radius 1 is 0.882 bits per heavy atom. The van der Waals surface area contributed by atoms with Crippen LogP contribution in [0.15, 0.2) is 0 Å². The zero-order chi connectivity index (χ0) is 13.7. The first kappa shape index (κ1) is 17.0. The molecule has 0 saturated heterocycles. The summed E-state index contributed by atoms with van der Waals surface area (Å²) in [5, 5.41) is 0. The third kappa shape index (κ3) is 5.93. The topological polar surface area (TPSA) is 0 Å². The van der Waals surface area contributed by atoms with E-state index in [1.54, 1.807) is 0 Å². The van der Waals surface area contributed by atoms with E-state index in [1.807, 2.05) is 0 Å². The van der Waals surface area contributed by atoms with Gasteiger partial charge >= 0.3 is 0 Å². The maximum atomic E-state index is 2.43. The summed E-state index contributed by atoms with van der Waals surface area (Å²) in [5.74, 6) is 1.69. The Balaban J connectivity index is 4.32. The van der Waals surface area contributed by atoms with Gasteiger partial charge in [-0.15, -0.1) is 0 Å². The van der Waals surface area contributed by atoms with Crippen molar-refractivity contribution >= 4 is 0 Å². The van der Waals surface area contributed by atoms with Crippen LogP contribution < -0.4 is 0 Å². The van der Waals surface area contributed by atoms with Crippen molar-refractivity contribution in [3.8, 4) is 0 Å². The quantitative estimate of drug-likeness (QED) is 0.490. The summed E-state index contributed by atoms with van der Waals surface area (Å²) in [7, 11) is 0. The molecule has 0 amide bonds. The molecule has 0 aliphatic heterocycles. The Kier molecular flexibility index (Phi) is 6.81. The molecule has 0 N–H and O–H groups in total. The van der Waals surface area contributed by atoms with Gasteiger partial charge in [0.15, 0.2) is 0 Å². The van der Waals surface area contributed by atoms with Crippen molar-refractivity contribution in [1.82, 2.24) is 0 Å². The zero-order valence-corrected chi connectivity index (χ0v) is 13.7. The van der Waals surface area contributed by atoms with Gasteiger partial charge in [0.1, 0.15) is 0 Å². The molecule has 0 heterocycles. The molecule has 0 nitrogen and oxygen atoms in total. The van der Waals surface area contributed by atoms with Crippen LogP contribution in [0.5, 0.6) is 0 Å². The zero-order valence-electron chi connectivity index (χ0n) is 13.7. The van der Waals surface area contributed by atoms with Crippen LogP contribution in [0.1, 0.15) is 87.5 Å². The third-order valence-corrected chi connectivity index (χ3v) is 4.73. The maximum absolute atomic E-state index is 2.43. The van der Waals surface area contributed by atoms with Crippen molar-refractivity contribution in [2.45, 2.75) is 87.5 Å². The van der Waals surface area contributed by atoms with Gasteiger partial charge in [0.05, 0.1) is 0 Å². The molecule has 0 aliphatic rings. The lowest BCUT2D eigenvalue weighted by molar-refractivity contribution is 0.135. The third-order valence-electron chi connectivity index (χ3n) is 4.73. The Hall–Kier alpha value is 0. The summed E-state index contributed by atoms with van der Waals surface area (Å²) in [5.41, 5.74) is 1.07. The second-order valence-electron chi connectivity index (χ2n) is 7.63. The molecule has 0 fully saturated rings. The minimum atomic E-state index is 0.484. The first-order valence-corrected chi connectivity index (χ1v) is 7.67. The fraction of sp³-hybridized carbons (Fsp3) is 1.00. The van der Waals surface area contributed by atoms with E-state index in [4.69, 9.17) is 0 Å². The van der Waals surface area contributed by atoms with E-state index in [-0.39, 0.29) is 0 Å². The molecule has 17 heavy (non-hydrogen) atoms. The number of rotatable bonds is 7. The number of hydrogen-bond acceptors (Lipinski definition) is 0. The summed E-state index contributed by atoms with van der Waals surface area (Å²) in [4.78, 5) is 0. The molecule has 1 unspecified atom stereocenters. The second-order valence-corrected chi connectivity index (χ2v) is 7.63. The van der Waals surface area contributed by atoms with E-state index in [0.717, 1.165) is 11.8 Å². The SMILES string of the molecule is CCC(CC)(CCC(C)CC(C)(C)C)C(C)C. The summed E-state index contributed by atoms with van der Waals surface area (Å²) < 4.78 is 0. The Morgan fingerprint density at radius 3 is 1.65 bits per heavy atom. The van der Waals surface area contributed by atoms with Crippen molar-refractivity contribution in [2.24, 2.45) is 22.7 Å². The lowest BCUT2D eigenvalue weighted by atomic mass is 9.68. The maximum Gasteiger partial charge on any atom is -0.0280 e. The van der Waals surface area contributed by atoms with Crippen LogP contribution in [-0.2, 0) is 0 Å². The highest BCUT2D eigenvalue weighted by atomic mass is 14.4. The second kappa shape index (κ2) is 6.81. The van der Waals surface area contributed by atoms with Gasteiger partial charge in [0.2, 0.25) is 0 Å². The van der Waals surface area contributed by atoms with E-state index in [2.05, 4.69) is 55.4 Å². The van der Waals surface area contributed by atoms with Gasteiger partial charge < -0.3 is 0 Å². The lowest BCUT2D eigenvalue weighted by Gasteiger charge is -2.37. The molecule has 104 valence electrons. The average molecular weight is 240 g/mol. The van der Waals surface area contributed by atoms with Crippen molar-refractivity contribution in [3.05, 3.63) is 0 Å². The van der Waals surface area contributed by atoms with E-state index in [0.29, 0.717) is 10.8 Å². The van der Waals surface area contributed by atoms with Gasteiger partial charge in [-0.1, -0.05) is 74.7 Å². The molecule has 1 atom stereocenters. The smallest absolute Gasteiger partial charge is 0.0280 e. The van der Waals surface area contributed by atoms with Gasteiger partial charge in [0.25, 0.3) is 0 Å². The molecule has 0 aliphatic carbocycles. The fourth-order valence-corrected chi connectivity index (χ4v) is 3.39. The molecule has 0 rings (SSSR count). The average Bonchev–Trinajstić information content (AvgIpc) is 2.17. The summed E-state index contributed by atoms with van der Waals surface area (Å²) in [6.07, 6.45) is 6.84. The summed E-state index contributed by atoms with van der Waals surface area (Å²) in [6.45, 7) is 19.1. The molecule has 0 saturated carbocycles. The van der Waals surface area contributed by atoms with E-state index in [9.17, 15) is 0 Å². The molecule has 0 heteroatoms. The monoisotopic (exact) mass is 240 g/mol.